The van der Waals surface area contributed by atoms with Gasteiger partial charge in [0.2, 0.25) is 11.1 Å². The fraction of sp³-hybridized carbons (Fsp3) is 0.400. The Kier molecular flexibility index (Phi) is 5.38. The van der Waals surface area contributed by atoms with Gasteiger partial charge in [-0.25, -0.2) is 4.98 Å². The molecule has 0 aliphatic carbocycles. The molecule has 0 radical (unpaired) electrons. The highest BCUT2D eigenvalue weighted by Gasteiger charge is 2.17. The quantitative estimate of drug-likeness (QED) is 0.805. The zero-order valence-electron chi connectivity index (χ0n) is 12.5. The van der Waals surface area contributed by atoms with E-state index in [-0.39, 0.29) is 11.2 Å². The van der Waals surface area contributed by atoms with E-state index in [1.54, 1.807) is 0 Å². The Hall–Kier alpha value is -1.82. The molecule has 0 unspecified atom stereocenters. The standard InChI is InChI=1S/C15H20N4OS/c1-4-11-6-8-12(9-7-11)16-14(20)10(3)21-15-17-13(5-2)18-19-15/h6-10H,4-5H2,1-3H3,(H,16,20)(H,17,18,19)/t10-/m0/s1. The van der Waals surface area contributed by atoms with Crippen LogP contribution in [0.25, 0.3) is 0 Å². The summed E-state index contributed by atoms with van der Waals surface area (Å²) >= 11 is 1.35. The van der Waals surface area contributed by atoms with Crippen LogP contribution in [0.5, 0.6) is 0 Å². The number of rotatable bonds is 6. The number of benzene rings is 1. The maximum atomic E-state index is 12.1. The molecule has 1 heterocycles. The number of carbonyl (C=O) groups is 1. The van der Waals surface area contributed by atoms with Crippen LogP contribution in [-0.2, 0) is 17.6 Å². The maximum Gasteiger partial charge on any atom is 0.237 e. The van der Waals surface area contributed by atoms with E-state index in [0.29, 0.717) is 5.16 Å². The predicted octanol–water partition coefficient (Wildman–Crippen LogP) is 3.05. The summed E-state index contributed by atoms with van der Waals surface area (Å²) < 4.78 is 0. The summed E-state index contributed by atoms with van der Waals surface area (Å²) in [6.45, 7) is 5.96. The number of thioether (sulfide) groups is 1. The number of amides is 1. The minimum absolute atomic E-state index is 0.0490. The first kappa shape index (κ1) is 15.6. The molecule has 0 fully saturated rings. The van der Waals surface area contributed by atoms with Gasteiger partial charge in [0.1, 0.15) is 5.82 Å². The van der Waals surface area contributed by atoms with Crippen LogP contribution >= 0.6 is 11.8 Å². The smallest absolute Gasteiger partial charge is 0.237 e. The van der Waals surface area contributed by atoms with Gasteiger partial charge in [0.15, 0.2) is 0 Å². The van der Waals surface area contributed by atoms with Crippen molar-refractivity contribution in [3.05, 3.63) is 35.7 Å². The van der Waals surface area contributed by atoms with Gasteiger partial charge in [0, 0.05) is 12.1 Å². The Morgan fingerprint density at radius 2 is 2.00 bits per heavy atom. The molecule has 112 valence electrons. The third-order valence-corrected chi connectivity index (χ3v) is 4.09. The normalized spacial score (nSPS) is 12.1. The van der Waals surface area contributed by atoms with E-state index in [4.69, 9.17) is 0 Å². The van der Waals surface area contributed by atoms with Crippen molar-refractivity contribution in [3.8, 4) is 0 Å². The number of aromatic amines is 1. The summed E-state index contributed by atoms with van der Waals surface area (Å²) in [5, 5.41) is 10.2. The van der Waals surface area contributed by atoms with Crippen LogP contribution in [-0.4, -0.2) is 26.3 Å². The molecule has 0 spiro atoms. The summed E-state index contributed by atoms with van der Waals surface area (Å²) in [5.74, 6) is 0.785. The zero-order valence-corrected chi connectivity index (χ0v) is 13.3. The molecule has 2 rings (SSSR count). The first-order valence-corrected chi connectivity index (χ1v) is 7.98. The van der Waals surface area contributed by atoms with Crippen LogP contribution in [0.15, 0.2) is 29.4 Å². The number of H-pyrrole nitrogens is 1. The number of nitrogens with zero attached hydrogens (tertiary/aromatic N) is 2. The molecule has 1 amide bonds. The van der Waals surface area contributed by atoms with Crippen molar-refractivity contribution < 1.29 is 4.79 Å². The molecular weight excluding hydrogens is 284 g/mol. The highest BCUT2D eigenvalue weighted by Crippen LogP contribution is 2.21. The number of carbonyl (C=O) groups excluding carboxylic acids is 1. The van der Waals surface area contributed by atoms with Gasteiger partial charge in [0.25, 0.3) is 0 Å². The van der Waals surface area contributed by atoms with Gasteiger partial charge in [-0.3, -0.25) is 9.89 Å². The van der Waals surface area contributed by atoms with E-state index in [2.05, 4.69) is 27.4 Å². The summed E-state index contributed by atoms with van der Waals surface area (Å²) in [6.07, 6.45) is 1.79. The number of hydrogen-bond acceptors (Lipinski definition) is 4. The van der Waals surface area contributed by atoms with Crippen LogP contribution < -0.4 is 5.32 Å². The lowest BCUT2D eigenvalue weighted by molar-refractivity contribution is -0.115. The van der Waals surface area contributed by atoms with Crippen molar-refractivity contribution in [3.63, 3.8) is 0 Å². The fourth-order valence-corrected chi connectivity index (χ4v) is 2.51. The van der Waals surface area contributed by atoms with Crippen LogP contribution in [0.2, 0.25) is 0 Å². The average molecular weight is 304 g/mol. The molecule has 0 bridgehead atoms. The van der Waals surface area contributed by atoms with E-state index >= 15 is 0 Å². The minimum Gasteiger partial charge on any atom is -0.325 e. The molecule has 0 saturated carbocycles. The minimum atomic E-state index is -0.253. The molecule has 6 heteroatoms. The van der Waals surface area contributed by atoms with E-state index in [1.165, 1.54) is 17.3 Å². The van der Waals surface area contributed by atoms with Crippen molar-refractivity contribution >= 4 is 23.4 Å². The SMILES string of the molecule is CCc1ccc(NC(=O)[C@H](C)Sc2n[nH]c(CC)n2)cc1. The lowest BCUT2D eigenvalue weighted by atomic mass is 10.1. The van der Waals surface area contributed by atoms with Crippen LogP contribution in [0.4, 0.5) is 5.69 Å². The van der Waals surface area contributed by atoms with Crippen LogP contribution in [0, 0.1) is 0 Å². The van der Waals surface area contributed by atoms with Gasteiger partial charge in [-0.2, -0.15) is 0 Å². The average Bonchev–Trinajstić information content (AvgIpc) is 2.95. The number of hydrogen-bond donors (Lipinski definition) is 2. The molecule has 1 aromatic carbocycles. The van der Waals surface area contributed by atoms with Gasteiger partial charge in [-0.15, -0.1) is 5.10 Å². The van der Waals surface area contributed by atoms with Gasteiger partial charge in [-0.05, 0) is 31.0 Å². The zero-order chi connectivity index (χ0) is 15.2. The third kappa shape index (κ3) is 4.32. The summed E-state index contributed by atoms with van der Waals surface area (Å²) in [7, 11) is 0. The molecule has 2 aromatic rings. The molecule has 2 N–H and O–H groups in total. The van der Waals surface area contributed by atoms with Crippen molar-refractivity contribution in [2.24, 2.45) is 0 Å². The van der Waals surface area contributed by atoms with Crippen molar-refractivity contribution in [2.75, 3.05) is 5.32 Å². The predicted molar refractivity (Wildman–Crippen MR) is 85.5 cm³/mol. The van der Waals surface area contributed by atoms with Gasteiger partial charge < -0.3 is 5.32 Å². The lowest BCUT2D eigenvalue weighted by Gasteiger charge is -2.10. The first-order chi connectivity index (χ1) is 10.1. The molecule has 1 atom stereocenters. The van der Waals surface area contributed by atoms with E-state index in [9.17, 15) is 4.79 Å². The summed E-state index contributed by atoms with van der Waals surface area (Å²) in [6, 6.07) is 7.90. The van der Waals surface area contributed by atoms with E-state index < -0.39 is 0 Å². The highest BCUT2D eigenvalue weighted by atomic mass is 32.2. The van der Waals surface area contributed by atoms with Gasteiger partial charge in [-0.1, -0.05) is 37.7 Å². The monoisotopic (exact) mass is 304 g/mol. The Labute approximate surface area is 128 Å². The topological polar surface area (TPSA) is 70.7 Å². The molecular formula is C15H20N4OS. The fourth-order valence-electron chi connectivity index (χ4n) is 1.77. The molecule has 1 aromatic heterocycles. The number of aromatic nitrogens is 3. The Balaban J connectivity index is 1.92. The Morgan fingerprint density at radius 1 is 1.29 bits per heavy atom. The van der Waals surface area contributed by atoms with Crippen LogP contribution in [0.1, 0.15) is 32.2 Å². The summed E-state index contributed by atoms with van der Waals surface area (Å²) in [4.78, 5) is 16.4. The molecule has 0 aliphatic heterocycles. The van der Waals surface area contributed by atoms with E-state index in [0.717, 1.165) is 24.4 Å². The molecule has 0 aliphatic rings. The largest absolute Gasteiger partial charge is 0.325 e. The lowest BCUT2D eigenvalue weighted by Crippen LogP contribution is -2.22. The highest BCUT2D eigenvalue weighted by molar-refractivity contribution is 8.00. The maximum absolute atomic E-state index is 12.1. The second-order valence-electron chi connectivity index (χ2n) is 4.72. The molecule has 5 nitrogen and oxygen atoms in total. The Bertz CT molecular complexity index is 594. The van der Waals surface area contributed by atoms with Gasteiger partial charge in [0.05, 0.1) is 5.25 Å². The molecule has 0 saturated heterocycles. The Morgan fingerprint density at radius 3 is 2.57 bits per heavy atom. The molecule has 21 heavy (non-hydrogen) atoms. The van der Waals surface area contributed by atoms with Crippen LogP contribution in [0.3, 0.4) is 0 Å². The second kappa shape index (κ2) is 7.26. The number of nitrogens with one attached hydrogen (secondary N) is 2. The van der Waals surface area contributed by atoms with Crippen molar-refractivity contribution in [2.45, 2.75) is 44.0 Å². The first-order valence-electron chi connectivity index (χ1n) is 7.10. The summed E-state index contributed by atoms with van der Waals surface area (Å²) in [5.41, 5.74) is 2.07. The number of aryl methyl sites for hydroxylation is 2. The van der Waals surface area contributed by atoms with Crippen molar-refractivity contribution in [1.82, 2.24) is 15.2 Å². The number of anilines is 1. The van der Waals surface area contributed by atoms with Gasteiger partial charge >= 0.3 is 0 Å². The van der Waals surface area contributed by atoms with Crippen molar-refractivity contribution in [1.29, 1.82) is 0 Å². The second-order valence-corrected chi connectivity index (χ2v) is 6.03. The third-order valence-electron chi connectivity index (χ3n) is 3.13. The van der Waals surface area contributed by atoms with E-state index in [1.807, 2.05) is 38.1 Å².